The van der Waals surface area contributed by atoms with Gasteiger partial charge < -0.3 is 15.1 Å². The zero-order valence-electron chi connectivity index (χ0n) is 17.1. The molecular weight excluding hydrogens is 459 g/mol. The number of ether oxygens (including phenoxy) is 1. The van der Waals surface area contributed by atoms with Gasteiger partial charge in [0.15, 0.2) is 0 Å². The van der Waals surface area contributed by atoms with Gasteiger partial charge in [-0.15, -0.1) is 0 Å². The number of carbonyl (C=O) groups is 1. The summed E-state index contributed by atoms with van der Waals surface area (Å²) in [7, 11) is -1.06. The van der Waals surface area contributed by atoms with Crippen molar-refractivity contribution in [3.8, 4) is 0 Å². The van der Waals surface area contributed by atoms with Gasteiger partial charge in [0.05, 0.1) is 42.1 Å². The molecule has 4 heterocycles. The molecule has 2 N–H and O–H groups in total. The van der Waals surface area contributed by atoms with E-state index in [4.69, 9.17) is 10.5 Å². The van der Waals surface area contributed by atoms with E-state index in [1.807, 2.05) is 0 Å². The molecule has 2 aliphatic heterocycles. The molecule has 1 unspecified atom stereocenters. The first-order chi connectivity index (χ1) is 15.6. The predicted molar refractivity (Wildman–Crippen MR) is 115 cm³/mol. The number of nitrogen functional groups attached to an aromatic ring is 1. The van der Waals surface area contributed by atoms with Gasteiger partial charge in [-0.05, 0) is 29.1 Å². The fourth-order valence-corrected chi connectivity index (χ4v) is 5.41. The smallest absolute Gasteiger partial charge is 0.383 e. The highest BCUT2D eigenvalue weighted by Gasteiger charge is 2.39. The van der Waals surface area contributed by atoms with Crippen LogP contribution in [0.15, 0.2) is 42.4 Å². The minimum atomic E-state index is -4.51. The summed E-state index contributed by atoms with van der Waals surface area (Å²) in [6.45, 7) is 4.41. The highest BCUT2D eigenvalue weighted by atomic mass is 31.1. The van der Waals surface area contributed by atoms with Crippen LogP contribution in [0.25, 0.3) is 10.9 Å². The Morgan fingerprint density at radius 3 is 2.61 bits per heavy atom. The first kappa shape index (κ1) is 21.7. The van der Waals surface area contributed by atoms with Crippen LogP contribution in [-0.2, 0) is 30.7 Å². The number of rotatable bonds is 4. The largest absolute Gasteiger partial charge is 0.417 e. The van der Waals surface area contributed by atoms with Crippen LogP contribution in [0.3, 0.4) is 0 Å². The third-order valence-corrected chi connectivity index (χ3v) is 7.73. The predicted octanol–water partition coefficient (Wildman–Crippen LogP) is 4.97. The van der Waals surface area contributed by atoms with Crippen LogP contribution in [-0.4, -0.2) is 26.7 Å². The number of allylic oxidation sites excluding steroid dienone is 1. The molecule has 1 atom stereocenters. The normalized spacial score (nSPS) is 17.3. The van der Waals surface area contributed by atoms with Crippen LogP contribution in [0.1, 0.15) is 32.7 Å². The second-order valence-corrected chi connectivity index (χ2v) is 10.0. The third kappa shape index (κ3) is 3.94. The van der Waals surface area contributed by atoms with Gasteiger partial charge in [0, 0.05) is 37.4 Å². The van der Waals surface area contributed by atoms with E-state index >= 15 is 4.39 Å². The van der Waals surface area contributed by atoms with Crippen LogP contribution in [0.4, 0.5) is 23.4 Å². The van der Waals surface area contributed by atoms with Gasteiger partial charge in [0.1, 0.15) is 11.6 Å². The van der Waals surface area contributed by atoms with Gasteiger partial charge in [0.25, 0.3) is 5.91 Å². The Kier molecular flexibility index (Phi) is 5.10. The number of hydrogen-bond acceptors (Lipinski definition) is 5. The van der Waals surface area contributed by atoms with E-state index in [2.05, 4.69) is 16.5 Å². The van der Waals surface area contributed by atoms with Crippen LogP contribution in [0, 0.1) is 5.82 Å². The number of aromatic nitrogens is 2. The first-order valence-electron chi connectivity index (χ1n) is 9.91. The van der Waals surface area contributed by atoms with Crippen molar-refractivity contribution in [2.24, 2.45) is 0 Å². The fraction of sp³-hybridized carbons (Fsp3) is 0.227. The molecule has 0 spiro atoms. The van der Waals surface area contributed by atoms with Crippen molar-refractivity contribution in [1.82, 2.24) is 14.6 Å². The van der Waals surface area contributed by atoms with Gasteiger partial charge in [-0.3, -0.25) is 9.78 Å². The molecular formula is C22H17F4N4O2P. The molecule has 1 amide bonds. The van der Waals surface area contributed by atoms with E-state index in [1.54, 1.807) is 0 Å². The van der Waals surface area contributed by atoms with Gasteiger partial charge >= 0.3 is 6.18 Å². The second-order valence-electron chi connectivity index (χ2n) is 7.82. The Balaban J connectivity index is 1.51. The van der Waals surface area contributed by atoms with Crippen LogP contribution in [0.2, 0.25) is 0 Å². The highest BCUT2D eigenvalue weighted by molar-refractivity contribution is 7.69. The Morgan fingerprint density at radius 1 is 1.24 bits per heavy atom. The number of halogens is 4. The number of anilines is 1. The number of pyridine rings is 2. The Bertz CT molecular complexity index is 1310. The summed E-state index contributed by atoms with van der Waals surface area (Å²) < 4.78 is 60.4. The second kappa shape index (κ2) is 7.74. The maximum Gasteiger partial charge on any atom is 0.417 e. The number of nitrogens with two attached hydrogens (primary N) is 1. The SMILES string of the molecule is C=C1CP1N(Cc1ccc(C(F)(F)F)cn1)C(=O)c1cc2c3c(c(N)nc2cc1F)COC3. The minimum absolute atomic E-state index is 0.0552. The molecule has 0 aliphatic carbocycles. The van der Waals surface area contributed by atoms with Crippen LogP contribution < -0.4 is 5.73 Å². The molecule has 1 fully saturated rings. The molecule has 0 radical (unpaired) electrons. The van der Waals surface area contributed by atoms with Gasteiger partial charge in [-0.1, -0.05) is 6.58 Å². The maximum atomic E-state index is 15.0. The number of fused-ring (bicyclic) bond motifs is 3. The number of carbonyl (C=O) groups excluding carboxylic acids is 1. The molecule has 1 saturated heterocycles. The lowest BCUT2D eigenvalue weighted by molar-refractivity contribution is -0.137. The van der Waals surface area contributed by atoms with E-state index < -0.39 is 31.5 Å². The summed E-state index contributed by atoms with van der Waals surface area (Å²) in [5.41, 5.74) is 6.99. The van der Waals surface area contributed by atoms with E-state index in [0.29, 0.717) is 23.7 Å². The summed E-state index contributed by atoms with van der Waals surface area (Å²) in [5.74, 6) is -1.07. The number of amides is 1. The van der Waals surface area contributed by atoms with E-state index in [0.717, 1.165) is 28.7 Å². The fourth-order valence-electron chi connectivity index (χ4n) is 3.79. The summed E-state index contributed by atoms with van der Waals surface area (Å²) in [4.78, 5) is 21.5. The van der Waals surface area contributed by atoms with Crippen molar-refractivity contribution in [2.75, 3.05) is 11.9 Å². The molecule has 5 rings (SSSR count). The number of alkyl halides is 3. The first-order valence-corrected chi connectivity index (χ1v) is 11.4. The van der Waals surface area contributed by atoms with Crippen molar-refractivity contribution < 1.29 is 27.1 Å². The lowest BCUT2D eigenvalue weighted by Gasteiger charge is -2.22. The van der Waals surface area contributed by atoms with Crippen LogP contribution >= 0.6 is 8.07 Å². The third-order valence-electron chi connectivity index (χ3n) is 5.63. The standard InChI is InChI=1S/C22H17F4N4O2P/c1-11-10-33(11)30(7-13-3-2-12(6-28-13)22(24,25)26)21(31)15-4-14-16-8-32-9-17(16)20(27)29-19(14)5-18(15)23/h2-6H,1,7-10H2,(H2,27,29). The minimum Gasteiger partial charge on any atom is -0.383 e. The number of nitrogens with zero attached hydrogens (tertiary/aromatic N) is 3. The Morgan fingerprint density at radius 2 is 1.97 bits per heavy atom. The van der Waals surface area contributed by atoms with Crippen molar-refractivity contribution in [3.05, 3.63) is 76.1 Å². The maximum absolute atomic E-state index is 15.0. The topological polar surface area (TPSA) is 81.3 Å². The van der Waals surface area contributed by atoms with Gasteiger partial charge in [-0.25, -0.2) is 9.37 Å². The van der Waals surface area contributed by atoms with E-state index in [-0.39, 0.29) is 30.2 Å². The van der Waals surface area contributed by atoms with Crippen molar-refractivity contribution >= 4 is 30.7 Å². The molecule has 2 aliphatic rings. The quantitative estimate of drug-likeness (QED) is 0.425. The van der Waals surface area contributed by atoms with Crippen LogP contribution in [0.5, 0.6) is 0 Å². The Hall–Kier alpha value is -3.10. The molecule has 0 bridgehead atoms. The average Bonchev–Trinajstić information content (AvgIpc) is 3.26. The molecule has 0 saturated carbocycles. The Labute approximate surface area is 186 Å². The van der Waals surface area contributed by atoms with Crippen molar-refractivity contribution in [2.45, 2.75) is 25.9 Å². The lowest BCUT2D eigenvalue weighted by atomic mass is 10.0. The number of benzene rings is 1. The molecule has 3 aromatic rings. The monoisotopic (exact) mass is 476 g/mol. The van der Waals surface area contributed by atoms with Gasteiger partial charge in [0.2, 0.25) is 0 Å². The summed E-state index contributed by atoms with van der Waals surface area (Å²) in [6.07, 6.45) is -3.19. The molecule has 33 heavy (non-hydrogen) atoms. The summed E-state index contributed by atoms with van der Waals surface area (Å²) in [5, 5.41) is 1.42. The summed E-state index contributed by atoms with van der Waals surface area (Å²) >= 11 is 0. The molecule has 2 aromatic heterocycles. The highest BCUT2D eigenvalue weighted by Crippen LogP contribution is 2.65. The van der Waals surface area contributed by atoms with E-state index in [1.165, 1.54) is 22.9 Å². The zero-order valence-corrected chi connectivity index (χ0v) is 18.0. The van der Waals surface area contributed by atoms with Crippen molar-refractivity contribution in [1.29, 1.82) is 0 Å². The summed E-state index contributed by atoms with van der Waals surface area (Å²) in [6, 6.07) is 4.75. The van der Waals surface area contributed by atoms with Gasteiger partial charge in [-0.2, -0.15) is 13.2 Å². The average molecular weight is 476 g/mol. The van der Waals surface area contributed by atoms with Crippen molar-refractivity contribution in [3.63, 3.8) is 0 Å². The molecule has 6 nitrogen and oxygen atoms in total. The zero-order chi connectivity index (χ0) is 23.5. The molecule has 170 valence electrons. The molecule has 11 heteroatoms. The van der Waals surface area contributed by atoms with E-state index in [9.17, 15) is 18.0 Å². The molecule has 1 aromatic carbocycles. The lowest BCUT2D eigenvalue weighted by Crippen LogP contribution is -2.25. The number of hydrogen-bond donors (Lipinski definition) is 1.